The van der Waals surface area contributed by atoms with Gasteiger partial charge in [0.25, 0.3) is 0 Å². The number of aryl methyl sites for hydroxylation is 2. The molecule has 1 unspecified atom stereocenters. The zero-order valence-electron chi connectivity index (χ0n) is 11.4. The highest BCUT2D eigenvalue weighted by molar-refractivity contribution is 5.36. The second-order valence-electron chi connectivity index (χ2n) is 4.68. The SMILES string of the molecule is CCn1nc(NCC(C)c2ccccc2)cc1C. The van der Waals surface area contributed by atoms with Crippen molar-refractivity contribution < 1.29 is 0 Å². The van der Waals surface area contributed by atoms with Crippen LogP contribution in [0.25, 0.3) is 0 Å². The summed E-state index contributed by atoms with van der Waals surface area (Å²) in [5, 5.41) is 7.91. The smallest absolute Gasteiger partial charge is 0.148 e. The van der Waals surface area contributed by atoms with Crippen LogP contribution in [0.15, 0.2) is 36.4 Å². The number of aromatic nitrogens is 2. The van der Waals surface area contributed by atoms with Crippen molar-refractivity contribution in [2.24, 2.45) is 0 Å². The molecule has 0 aliphatic heterocycles. The van der Waals surface area contributed by atoms with Crippen molar-refractivity contribution in [1.82, 2.24) is 9.78 Å². The molecular weight excluding hydrogens is 222 g/mol. The molecule has 0 bridgehead atoms. The summed E-state index contributed by atoms with van der Waals surface area (Å²) in [7, 11) is 0. The van der Waals surface area contributed by atoms with Crippen molar-refractivity contribution >= 4 is 5.82 Å². The van der Waals surface area contributed by atoms with Crippen molar-refractivity contribution in [3.8, 4) is 0 Å². The Hall–Kier alpha value is -1.77. The molecule has 0 saturated heterocycles. The largest absolute Gasteiger partial charge is 0.368 e. The summed E-state index contributed by atoms with van der Waals surface area (Å²) in [5.74, 6) is 1.45. The molecule has 1 heterocycles. The maximum Gasteiger partial charge on any atom is 0.148 e. The summed E-state index contributed by atoms with van der Waals surface area (Å²) >= 11 is 0. The first kappa shape index (κ1) is 12.7. The van der Waals surface area contributed by atoms with Crippen LogP contribution in [0.3, 0.4) is 0 Å². The lowest BCUT2D eigenvalue weighted by Gasteiger charge is -2.12. The van der Waals surface area contributed by atoms with Crippen molar-refractivity contribution in [3.63, 3.8) is 0 Å². The van der Waals surface area contributed by atoms with Crippen LogP contribution in [-0.4, -0.2) is 16.3 Å². The highest BCUT2D eigenvalue weighted by Gasteiger charge is 2.06. The fourth-order valence-electron chi connectivity index (χ4n) is 2.07. The van der Waals surface area contributed by atoms with Crippen LogP contribution in [-0.2, 0) is 6.54 Å². The third kappa shape index (κ3) is 2.92. The Morgan fingerprint density at radius 1 is 1.28 bits per heavy atom. The maximum absolute atomic E-state index is 4.50. The number of anilines is 1. The average molecular weight is 243 g/mol. The fraction of sp³-hybridized carbons (Fsp3) is 0.400. The van der Waals surface area contributed by atoms with Crippen LogP contribution >= 0.6 is 0 Å². The van der Waals surface area contributed by atoms with Crippen molar-refractivity contribution in [1.29, 1.82) is 0 Å². The van der Waals surface area contributed by atoms with Gasteiger partial charge in [0.2, 0.25) is 0 Å². The van der Waals surface area contributed by atoms with Gasteiger partial charge in [-0.15, -0.1) is 0 Å². The molecule has 0 aliphatic carbocycles. The third-order valence-electron chi connectivity index (χ3n) is 3.24. The van der Waals surface area contributed by atoms with Crippen LogP contribution in [0.1, 0.15) is 31.0 Å². The van der Waals surface area contributed by atoms with Crippen LogP contribution in [0.2, 0.25) is 0 Å². The Bertz CT molecular complexity index is 488. The number of nitrogens with zero attached hydrogens (tertiary/aromatic N) is 2. The lowest BCUT2D eigenvalue weighted by molar-refractivity contribution is 0.640. The monoisotopic (exact) mass is 243 g/mol. The molecule has 3 nitrogen and oxygen atoms in total. The van der Waals surface area contributed by atoms with Gasteiger partial charge in [0, 0.05) is 24.8 Å². The Kier molecular flexibility index (Phi) is 4.03. The molecule has 2 aromatic rings. The standard InChI is InChI=1S/C15H21N3/c1-4-18-13(3)10-15(17-18)16-11-12(2)14-8-6-5-7-9-14/h5-10,12H,4,11H2,1-3H3,(H,16,17). The first-order chi connectivity index (χ1) is 8.70. The second kappa shape index (κ2) is 5.71. The summed E-state index contributed by atoms with van der Waals surface area (Å²) in [4.78, 5) is 0. The molecule has 1 N–H and O–H groups in total. The van der Waals surface area contributed by atoms with Gasteiger partial charge < -0.3 is 5.32 Å². The summed E-state index contributed by atoms with van der Waals surface area (Å²) in [5.41, 5.74) is 2.56. The normalized spacial score (nSPS) is 12.4. The Morgan fingerprint density at radius 3 is 2.61 bits per heavy atom. The predicted octanol–water partition coefficient (Wildman–Crippen LogP) is 3.43. The van der Waals surface area contributed by atoms with Crippen molar-refractivity contribution in [2.45, 2.75) is 33.2 Å². The van der Waals surface area contributed by atoms with Crippen LogP contribution in [0.4, 0.5) is 5.82 Å². The van der Waals surface area contributed by atoms with E-state index in [1.54, 1.807) is 0 Å². The molecule has 96 valence electrons. The first-order valence-electron chi connectivity index (χ1n) is 6.54. The fourth-order valence-corrected chi connectivity index (χ4v) is 2.07. The molecule has 1 aromatic heterocycles. The average Bonchev–Trinajstić information content (AvgIpc) is 2.77. The first-order valence-corrected chi connectivity index (χ1v) is 6.54. The number of hydrogen-bond donors (Lipinski definition) is 1. The molecule has 0 aliphatic rings. The lowest BCUT2D eigenvalue weighted by Crippen LogP contribution is -2.10. The van der Waals surface area contributed by atoms with Gasteiger partial charge in [-0.2, -0.15) is 5.10 Å². The predicted molar refractivity (Wildman–Crippen MR) is 76.0 cm³/mol. The van der Waals surface area contributed by atoms with Gasteiger partial charge >= 0.3 is 0 Å². The molecule has 2 rings (SSSR count). The lowest BCUT2D eigenvalue weighted by atomic mass is 10.0. The van der Waals surface area contributed by atoms with Crippen LogP contribution in [0.5, 0.6) is 0 Å². The Morgan fingerprint density at radius 2 is 2.00 bits per heavy atom. The molecule has 0 saturated carbocycles. The zero-order valence-corrected chi connectivity index (χ0v) is 11.4. The molecule has 3 heteroatoms. The molecule has 0 amide bonds. The maximum atomic E-state index is 4.50. The van der Waals surface area contributed by atoms with Crippen LogP contribution in [0, 0.1) is 6.92 Å². The number of nitrogens with one attached hydrogen (secondary N) is 1. The molecule has 1 atom stereocenters. The van der Waals surface area contributed by atoms with Gasteiger partial charge in [-0.1, -0.05) is 37.3 Å². The Balaban J connectivity index is 1.95. The number of hydrogen-bond acceptors (Lipinski definition) is 2. The summed E-state index contributed by atoms with van der Waals surface area (Å²) in [6.07, 6.45) is 0. The van der Waals surface area contributed by atoms with E-state index >= 15 is 0 Å². The van der Waals surface area contributed by atoms with Gasteiger partial charge in [0.15, 0.2) is 0 Å². The van der Waals surface area contributed by atoms with E-state index in [0.29, 0.717) is 5.92 Å². The number of benzene rings is 1. The highest BCUT2D eigenvalue weighted by atomic mass is 15.3. The second-order valence-corrected chi connectivity index (χ2v) is 4.68. The van der Waals surface area contributed by atoms with Gasteiger partial charge in [-0.05, 0) is 25.3 Å². The van der Waals surface area contributed by atoms with E-state index in [0.717, 1.165) is 18.9 Å². The summed E-state index contributed by atoms with van der Waals surface area (Å²) in [6, 6.07) is 12.7. The van der Waals surface area contributed by atoms with E-state index in [4.69, 9.17) is 0 Å². The van der Waals surface area contributed by atoms with Crippen LogP contribution < -0.4 is 5.32 Å². The van der Waals surface area contributed by atoms with Gasteiger partial charge in [0.1, 0.15) is 5.82 Å². The van der Waals surface area contributed by atoms with E-state index in [2.05, 4.69) is 67.6 Å². The minimum absolute atomic E-state index is 0.485. The highest BCUT2D eigenvalue weighted by Crippen LogP contribution is 2.16. The van der Waals surface area contributed by atoms with Gasteiger partial charge in [-0.25, -0.2) is 0 Å². The molecule has 0 spiro atoms. The molecule has 0 radical (unpaired) electrons. The minimum Gasteiger partial charge on any atom is -0.368 e. The van der Waals surface area contributed by atoms with E-state index in [1.807, 2.05) is 4.68 Å². The van der Waals surface area contributed by atoms with Crippen molar-refractivity contribution in [2.75, 3.05) is 11.9 Å². The third-order valence-corrected chi connectivity index (χ3v) is 3.24. The topological polar surface area (TPSA) is 29.9 Å². The van der Waals surface area contributed by atoms with Crippen molar-refractivity contribution in [3.05, 3.63) is 47.7 Å². The minimum atomic E-state index is 0.485. The van der Waals surface area contributed by atoms with E-state index in [-0.39, 0.29) is 0 Å². The summed E-state index contributed by atoms with van der Waals surface area (Å²) < 4.78 is 2.01. The van der Waals surface area contributed by atoms with E-state index in [9.17, 15) is 0 Å². The molecular formula is C15H21N3. The van der Waals surface area contributed by atoms with Gasteiger partial charge in [-0.3, -0.25) is 4.68 Å². The molecule has 18 heavy (non-hydrogen) atoms. The van der Waals surface area contributed by atoms with Gasteiger partial charge in [0.05, 0.1) is 0 Å². The molecule has 1 aromatic carbocycles. The zero-order chi connectivity index (χ0) is 13.0. The number of rotatable bonds is 5. The summed E-state index contributed by atoms with van der Waals surface area (Å²) in [6.45, 7) is 8.25. The van der Waals surface area contributed by atoms with E-state index < -0.39 is 0 Å². The van der Waals surface area contributed by atoms with E-state index in [1.165, 1.54) is 11.3 Å². The Labute approximate surface area is 109 Å². The molecule has 0 fully saturated rings. The quantitative estimate of drug-likeness (QED) is 0.872.